The van der Waals surface area contributed by atoms with Crippen molar-refractivity contribution in [3.63, 3.8) is 0 Å². The molecule has 1 saturated heterocycles. The fourth-order valence-electron chi connectivity index (χ4n) is 1.12. The maximum absolute atomic E-state index is 13.1. The van der Waals surface area contributed by atoms with E-state index in [0.29, 0.717) is 13.2 Å². The smallest absolute Gasteiger partial charge is 0.341 e. The van der Waals surface area contributed by atoms with E-state index >= 15 is 0 Å². The fraction of sp³-hybridized carbons (Fsp3) is 0.300. The predicted octanol–water partition coefficient (Wildman–Crippen LogP) is 1.38. The highest BCUT2D eigenvalue weighted by atomic mass is 19.1. The molecule has 2 rings (SSSR count). The summed E-state index contributed by atoms with van der Waals surface area (Å²) in [6.07, 6.45) is -0.220. The second kappa shape index (κ2) is 3.75. The number of rotatable bonds is 2. The molecule has 0 unspecified atom stereocenters. The van der Waals surface area contributed by atoms with E-state index in [1.54, 1.807) is 6.07 Å². The van der Waals surface area contributed by atoms with E-state index in [9.17, 15) is 9.18 Å². The van der Waals surface area contributed by atoms with Crippen molar-refractivity contribution in [3.05, 3.63) is 35.6 Å². The first-order chi connectivity index (χ1) is 6.77. The minimum Gasteiger partial charge on any atom is -0.454 e. The third-order valence-corrected chi connectivity index (χ3v) is 1.97. The lowest BCUT2D eigenvalue weighted by Crippen LogP contribution is -2.37. The Morgan fingerprint density at radius 3 is 2.71 bits per heavy atom. The van der Waals surface area contributed by atoms with Gasteiger partial charge in [-0.2, -0.15) is 0 Å². The van der Waals surface area contributed by atoms with Crippen LogP contribution in [0.5, 0.6) is 0 Å². The van der Waals surface area contributed by atoms with Crippen LogP contribution in [0.25, 0.3) is 0 Å². The van der Waals surface area contributed by atoms with Gasteiger partial charge in [0.2, 0.25) is 0 Å². The van der Waals surface area contributed by atoms with Gasteiger partial charge in [-0.3, -0.25) is 0 Å². The number of benzene rings is 1. The lowest BCUT2D eigenvalue weighted by Gasteiger charge is -2.25. The highest BCUT2D eigenvalue weighted by Gasteiger charge is 2.24. The molecule has 0 saturated carbocycles. The molecule has 0 spiro atoms. The van der Waals surface area contributed by atoms with Gasteiger partial charge in [0.25, 0.3) is 0 Å². The fourth-order valence-corrected chi connectivity index (χ4v) is 1.12. The number of carbonyl (C=O) groups is 1. The molecule has 1 fully saturated rings. The lowest BCUT2D eigenvalue weighted by atomic mass is 10.2. The molecule has 14 heavy (non-hydrogen) atoms. The van der Waals surface area contributed by atoms with Gasteiger partial charge < -0.3 is 9.47 Å². The second-order valence-electron chi connectivity index (χ2n) is 3.04. The van der Waals surface area contributed by atoms with Crippen LogP contribution in [0.3, 0.4) is 0 Å². The van der Waals surface area contributed by atoms with Crippen LogP contribution in [0.2, 0.25) is 0 Å². The summed E-state index contributed by atoms with van der Waals surface area (Å²) in [6.45, 7) is 0.806. The summed E-state index contributed by atoms with van der Waals surface area (Å²) in [5.41, 5.74) is -0.0283. The van der Waals surface area contributed by atoms with Crippen LogP contribution in [0.1, 0.15) is 10.4 Å². The zero-order valence-electron chi connectivity index (χ0n) is 7.40. The molecule has 0 radical (unpaired) electrons. The van der Waals surface area contributed by atoms with Gasteiger partial charge in [-0.25, -0.2) is 9.18 Å². The van der Waals surface area contributed by atoms with Crippen LogP contribution in [-0.2, 0) is 9.47 Å². The number of halogens is 1. The molecule has 0 aliphatic carbocycles. The first kappa shape index (κ1) is 9.15. The highest BCUT2D eigenvalue weighted by Crippen LogP contribution is 2.12. The maximum Gasteiger partial charge on any atom is 0.341 e. The largest absolute Gasteiger partial charge is 0.454 e. The average Bonchev–Trinajstić information content (AvgIpc) is 2.12. The Morgan fingerprint density at radius 1 is 1.43 bits per heavy atom. The first-order valence-electron chi connectivity index (χ1n) is 4.30. The Bertz CT molecular complexity index is 347. The number of esters is 1. The van der Waals surface area contributed by atoms with Crippen molar-refractivity contribution in [3.8, 4) is 0 Å². The molecule has 1 aliphatic heterocycles. The van der Waals surface area contributed by atoms with E-state index in [1.165, 1.54) is 18.2 Å². The molecule has 1 aliphatic rings. The van der Waals surface area contributed by atoms with Crippen molar-refractivity contribution in [1.29, 1.82) is 0 Å². The van der Waals surface area contributed by atoms with Crippen molar-refractivity contribution in [1.82, 2.24) is 0 Å². The molecular weight excluding hydrogens is 187 g/mol. The van der Waals surface area contributed by atoms with Gasteiger partial charge in [0.1, 0.15) is 11.9 Å². The Balaban J connectivity index is 2.06. The van der Waals surface area contributed by atoms with E-state index in [-0.39, 0.29) is 11.7 Å². The number of hydrogen-bond acceptors (Lipinski definition) is 3. The van der Waals surface area contributed by atoms with E-state index in [4.69, 9.17) is 9.47 Å². The van der Waals surface area contributed by atoms with Crippen molar-refractivity contribution < 1.29 is 18.7 Å². The molecule has 0 atom stereocenters. The van der Waals surface area contributed by atoms with Crippen molar-refractivity contribution in [2.24, 2.45) is 0 Å². The summed E-state index contributed by atoms with van der Waals surface area (Å²) >= 11 is 0. The molecule has 1 aromatic rings. The zero-order chi connectivity index (χ0) is 9.97. The van der Waals surface area contributed by atoms with Crippen LogP contribution < -0.4 is 0 Å². The molecule has 1 heterocycles. The van der Waals surface area contributed by atoms with Crippen LogP contribution in [0.4, 0.5) is 4.39 Å². The van der Waals surface area contributed by atoms with Crippen LogP contribution >= 0.6 is 0 Å². The van der Waals surface area contributed by atoms with E-state index in [1.807, 2.05) is 0 Å². The lowest BCUT2D eigenvalue weighted by molar-refractivity contribution is -0.103. The third-order valence-electron chi connectivity index (χ3n) is 1.97. The molecule has 0 N–H and O–H groups in total. The summed E-state index contributed by atoms with van der Waals surface area (Å²) in [6, 6.07) is 5.75. The molecule has 3 nitrogen and oxygen atoms in total. The zero-order valence-corrected chi connectivity index (χ0v) is 7.40. The third kappa shape index (κ3) is 1.75. The van der Waals surface area contributed by atoms with E-state index in [2.05, 4.69) is 0 Å². The molecule has 0 amide bonds. The van der Waals surface area contributed by atoms with Gasteiger partial charge in [0.15, 0.2) is 0 Å². The summed E-state index contributed by atoms with van der Waals surface area (Å²) in [5, 5.41) is 0. The van der Waals surface area contributed by atoms with Gasteiger partial charge >= 0.3 is 5.97 Å². The van der Waals surface area contributed by atoms with Crippen LogP contribution in [-0.4, -0.2) is 25.3 Å². The summed E-state index contributed by atoms with van der Waals surface area (Å²) < 4.78 is 22.9. The van der Waals surface area contributed by atoms with Crippen LogP contribution in [0.15, 0.2) is 24.3 Å². The number of ether oxygens (including phenoxy) is 2. The topological polar surface area (TPSA) is 35.5 Å². The van der Waals surface area contributed by atoms with Crippen molar-refractivity contribution in [2.45, 2.75) is 6.10 Å². The van der Waals surface area contributed by atoms with Gasteiger partial charge in [0, 0.05) is 0 Å². The number of hydrogen-bond donors (Lipinski definition) is 0. The standard InChI is InChI=1S/C10H9FO3/c11-9-4-2-1-3-8(9)10(12)14-7-5-13-6-7/h1-4,7H,5-6H2. The molecule has 74 valence electrons. The quantitative estimate of drug-likeness (QED) is 0.670. The average molecular weight is 196 g/mol. The molecule has 0 aromatic heterocycles. The highest BCUT2D eigenvalue weighted by molar-refractivity contribution is 5.89. The van der Waals surface area contributed by atoms with Crippen LogP contribution in [0, 0.1) is 5.82 Å². The normalized spacial score (nSPS) is 16.1. The molecule has 4 heteroatoms. The molecule has 0 bridgehead atoms. The SMILES string of the molecule is O=C(OC1COC1)c1ccccc1F. The van der Waals surface area contributed by atoms with E-state index < -0.39 is 11.8 Å². The number of carbonyl (C=O) groups excluding carboxylic acids is 1. The van der Waals surface area contributed by atoms with E-state index in [0.717, 1.165) is 0 Å². The van der Waals surface area contributed by atoms with Gasteiger partial charge in [0.05, 0.1) is 18.8 Å². The molecule has 1 aromatic carbocycles. The Kier molecular flexibility index (Phi) is 2.45. The summed E-state index contributed by atoms with van der Waals surface area (Å²) in [7, 11) is 0. The first-order valence-corrected chi connectivity index (χ1v) is 4.30. The Labute approximate surface area is 80.4 Å². The minimum absolute atomic E-state index is 0.0283. The Hall–Kier alpha value is -1.42. The van der Waals surface area contributed by atoms with Gasteiger partial charge in [-0.15, -0.1) is 0 Å². The van der Waals surface area contributed by atoms with Crippen molar-refractivity contribution >= 4 is 5.97 Å². The summed E-state index contributed by atoms with van der Waals surface area (Å²) in [4.78, 5) is 11.4. The second-order valence-corrected chi connectivity index (χ2v) is 3.04. The minimum atomic E-state index is -0.628. The summed E-state index contributed by atoms with van der Waals surface area (Å²) in [5.74, 6) is -1.19. The molecular formula is C10H9FO3. The van der Waals surface area contributed by atoms with Crippen molar-refractivity contribution in [2.75, 3.05) is 13.2 Å². The maximum atomic E-state index is 13.1. The predicted molar refractivity (Wildman–Crippen MR) is 46.4 cm³/mol. The monoisotopic (exact) mass is 196 g/mol. The Morgan fingerprint density at radius 2 is 2.14 bits per heavy atom. The van der Waals surface area contributed by atoms with Gasteiger partial charge in [-0.05, 0) is 12.1 Å². The van der Waals surface area contributed by atoms with Gasteiger partial charge in [-0.1, -0.05) is 12.1 Å².